The number of pyridine rings is 1. The van der Waals surface area contributed by atoms with Gasteiger partial charge in [-0.1, -0.05) is 43.4 Å². The van der Waals surface area contributed by atoms with Crippen LogP contribution in [0, 0.1) is 0 Å². The van der Waals surface area contributed by atoms with Crippen molar-refractivity contribution in [3.05, 3.63) is 74.0 Å². The molecule has 3 aromatic rings. The zero-order valence-corrected chi connectivity index (χ0v) is 17.7. The molecule has 0 aliphatic rings. The first-order chi connectivity index (χ1) is 14.5. The predicted molar refractivity (Wildman–Crippen MR) is 114 cm³/mol. The molecule has 1 unspecified atom stereocenters. The van der Waals surface area contributed by atoms with Gasteiger partial charge in [-0.25, -0.2) is 0 Å². The van der Waals surface area contributed by atoms with Crippen LogP contribution in [-0.4, -0.2) is 27.7 Å². The lowest BCUT2D eigenvalue weighted by Gasteiger charge is -2.18. The molecule has 0 saturated carbocycles. The first-order valence-electron chi connectivity index (χ1n) is 9.75. The van der Waals surface area contributed by atoms with Crippen molar-refractivity contribution in [2.75, 3.05) is 6.61 Å². The smallest absolute Gasteiger partial charge is 0.307 e. The lowest BCUT2D eigenvalue weighted by atomic mass is 10.1. The number of aryl methyl sites for hydroxylation is 1. The van der Waals surface area contributed by atoms with Gasteiger partial charge in [0.2, 0.25) is 5.88 Å². The highest BCUT2D eigenvalue weighted by Gasteiger charge is 2.18. The summed E-state index contributed by atoms with van der Waals surface area (Å²) in [6, 6.07) is 11.1. The number of rotatable bonds is 9. The zero-order chi connectivity index (χ0) is 21.5. The standard InChI is InChI=1S/C22H24N2O5S/c1-3-14-7-10-17(23-12-14)18(29-20(25)4-2)13-28-16-8-5-15(6-9-16)11-19-21(26)24-22(27)30-19/h5-10,12,18,26H,3-4,11,13H2,1-2H3,(H,24,27). The fourth-order valence-electron chi connectivity index (χ4n) is 2.79. The Morgan fingerprint density at radius 3 is 2.47 bits per heavy atom. The van der Waals surface area contributed by atoms with Crippen LogP contribution >= 0.6 is 11.3 Å². The number of aromatic amines is 1. The van der Waals surface area contributed by atoms with Crippen LogP contribution in [-0.2, 0) is 22.4 Å². The first-order valence-corrected chi connectivity index (χ1v) is 10.6. The summed E-state index contributed by atoms with van der Waals surface area (Å²) in [5.74, 6) is 0.214. The molecule has 2 heterocycles. The average Bonchev–Trinajstić information content (AvgIpc) is 3.08. The SMILES string of the molecule is CCC(=O)OC(COc1ccc(Cc2sc(=O)[nH]c2O)cc1)c1ccc(CC)cn1. The molecule has 0 fully saturated rings. The molecular formula is C22H24N2O5S. The third-order valence-corrected chi connectivity index (χ3v) is 5.41. The van der Waals surface area contributed by atoms with Crippen molar-refractivity contribution < 1.29 is 19.4 Å². The van der Waals surface area contributed by atoms with Crippen LogP contribution in [0.4, 0.5) is 0 Å². The molecule has 0 bridgehead atoms. The lowest BCUT2D eigenvalue weighted by molar-refractivity contribution is -0.150. The van der Waals surface area contributed by atoms with E-state index in [9.17, 15) is 14.7 Å². The van der Waals surface area contributed by atoms with Gasteiger partial charge in [0.15, 0.2) is 6.10 Å². The Bertz CT molecular complexity index is 1020. The molecule has 0 aliphatic heterocycles. The van der Waals surface area contributed by atoms with Crippen molar-refractivity contribution in [2.24, 2.45) is 0 Å². The predicted octanol–water partition coefficient (Wildman–Crippen LogP) is 3.76. The molecule has 30 heavy (non-hydrogen) atoms. The third kappa shape index (κ3) is 5.70. The lowest BCUT2D eigenvalue weighted by Crippen LogP contribution is -2.18. The second-order valence-electron chi connectivity index (χ2n) is 6.69. The molecule has 2 N–H and O–H groups in total. The molecule has 8 heteroatoms. The molecule has 2 aromatic heterocycles. The molecule has 0 saturated heterocycles. The highest BCUT2D eigenvalue weighted by molar-refractivity contribution is 7.09. The van der Waals surface area contributed by atoms with Gasteiger partial charge in [0.1, 0.15) is 12.4 Å². The summed E-state index contributed by atoms with van der Waals surface area (Å²) in [6.07, 6.45) is 2.78. The van der Waals surface area contributed by atoms with Gasteiger partial charge >= 0.3 is 10.8 Å². The number of carbonyl (C=O) groups excluding carboxylic acids is 1. The molecule has 0 amide bonds. The van der Waals surface area contributed by atoms with Crippen molar-refractivity contribution in [1.29, 1.82) is 0 Å². The number of hydrogen-bond acceptors (Lipinski definition) is 7. The molecule has 3 rings (SSSR count). The molecule has 1 atom stereocenters. The monoisotopic (exact) mass is 428 g/mol. The second-order valence-corrected chi connectivity index (χ2v) is 7.76. The van der Waals surface area contributed by atoms with Gasteiger partial charge in [-0.3, -0.25) is 19.6 Å². The normalized spacial score (nSPS) is 11.8. The number of thiazole rings is 1. The number of aromatic hydroxyl groups is 1. The van der Waals surface area contributed by atoms with Gasteiger partial charge in [-0.05, 0) is 35.7 Å². The Morgan fingerprint density at radius 1 is 1.17 bits per heavy atom. The maximum absolute atomic E-state index is 11.8. The van der Waals surface area contributed by atoms with E-state index in [0.29, 0.717) is 22.7 Å². The van der Waals surface area contributed by atoms with Crippen LogP contribution in [0.25, 0.3) is 0 Å². The number of benzene rings is 1. The highest BCUT2D eigenvalue weighted by Crippen LogP contribution is 2.23. The topological polar surface area (TPSA) is 102 Å². The van der Waals surface area contributed by atoms with E-state index < -0.39 is 6.10 Å². The van der Waals surface area contributed by atoms with Crippen molar-refractivity contribution in [2.45, 2.75) is 39.2 Å². The van der Waals surface area contributed by atoms with Gasteiger partial charge in [-0.2, -0.15) is 0 Å². The summed E-state index contributed by atoms with van der Waals surface area (Å²) >= 11 is 0.988. The minimum atomic E-state index is -0.600. The fourth-order valence-corrected chi connectivity index (χ4v) is 3.55. The van der Waals surface area contributed by atoms with Gasteiger partial charge in [0, 0.05) is 19.0 Å². The van der Waals surface area contributed by atoms with E-state index in [4.69, 9.17) is 9.47 Å². The molecule has 0 radical (unpaired) electrons. The molecule has 158 valence electrons. The molecule has 0 spiro atoms. The first kappa shape index (κ1) is 21.6. The number of hydrogen-bond donors (Lipinski definition) is 2. The summed E-state index contributed by atoms with van der Waals surface area (Å²) in [5.41, 5.74) is 2.68. The summed E-state index contributed by atoms with van der Waals surface area (Å²) in [7, 11) is 0. The van der Waals surface area contributed by atoms with E-state index in [1.54, 1.807) is 25.3 Å². The Hall–Kier alpha value is -3.13. The van der Waals surface area contributed by atoms with E-state index in [-0.39, 0.29) is 29.7 Å². The van der Waals surface area contributed by atoms with Crippen LogP contribution in [0.1, 0.15) is 48.1 Å². The molecule has 1 aromatic carbocycles. The number of H-pyrrole nitrogens is 1. The molecule has 0 aliphatic carbocycles. The van der Waals surface area contributed by atoms with E-state index in [1.165, 1.54) is 0 Å². The van der Waals surface area contributed by atoms with E-state index in [2.05, 4.69) is 16.9 Å². The second kappa shape index (κ2) is 10.1. The summed E-state index contributed by atoms with van der Waals surface area (Å²) in [6.45, 7) is 3.94. The Morgan fingerprint density at radius 2 is 1.90 bits per heavy atom. The Labute approximate surface area is 178 Å². The van der Waals surface area contributed by atoms with E-state index in [1.807, 2.05) is 24.3 Å². The largest absolute Gasteiger partial charge is 0.494 e. The van der Waals surface area contributed by atoms with Crippen LogP contribution in [0.3, 0.4) is 0 Å². The van der Waals surface area contributed by atoms with Crippen LogP contribution < -0.4 is 9.61 Å². The van der Waals surface area contributed by atoms with Crippen LogP contribution in [0.2, 0.25) is 0 Å². The minimum Gasteiger partial charge on any atom is -0.494 e. The van der Waals surface area contributed by atoms with Gasteiger partial charge in [-0.15, -0.1) is 0 Å². The van der Waals surface area contributed by atoms with Crippen LogP contribution in [0.15, 0.2) is 47.4 Å². The summed E-state index contributed by atoms with van der Waals surface area (Å²) < 4.78 is 11.4. The molecular weight excluding hydrogens is 404 g/mol. The number of ether oxygens (including phenoxy) is 2. The highest BCUT2D eigenvalue weighted by atomic mass is 32.1. The van der Waals surface area contributed by atoms with E-state index in [0.717, 1.165) is 28.9 Å². The quantitative estimate of drug-likeness (QED) is 0.503. The number of nitrogens with one attached hydrogen (secondary N) is 1. The average molecular weight is 429 g/mol. The van der Waals surface area contributed by atoms with Crippen molar-refractivity contribution >= 4 is 17.3 Å². The Balaban J connectivity index is 1.65. The van der Waals surface area contributed by atoms with Gasteiger partial charge in [0.05, 0.1) is 10.6 Å². The number of carbonyl (C=O) groups is 1. The van der Waals surface area contributed by atoms with E-state index >= 15 is 0 Å². The Kier molecular flexibility index (Phi) is 7.24. The number of aromatic nitrogens is 2. The maximum Gasteiger partial charge on any atom is 0.307 e. The van der Waals surface area contributed by atoms with Crippen LogP contribution in [0.5, 0.6) is 11.6 Å². The number of nitrogens with zero attached hydrogens (tertiary/aromatic N) is 1. The minimum absolute atomic E-state index is 0.0903. The third-order valence-electron chi connectivity index (χ3n) is 4.54. The van der Waals surface area contributed by atoms with Gasteiger partial charge < -0.3 is 14.6 Å². The summed E-state index contributed by atoms with van der Waals surface area (Å²) in [4.78, 5) is 30.2. The maximum atomic E-state index is 11.8. The van der Waals surface area contributed by atoms with Crippen molar-refractivity contribution in [3.8, 4) is 11.6 Å². The molecule has 7 nitrogen and oxygen atoms in total. The summed E-state index contributed by atoms with van der Waals surface area (Å²) in [5, 5.41) is 9.71. The fraction of sp³-hybridized carbons (Fsp3) is 0.318. The zero-order valence-electron chi connectivity index (χ0n) is 16.9. The van der Waals surface area contributed by atoms with Gasteiger partial charge in [0.25, 0.3) is 0 Å². The number of esters is 1. The van der Waals surface area contributed by atoms with Crippen molar-refractivity contribution in [1.82, 2.24) is 9.97 Å². The van der Waals surface area contributed by atoms with Crippen molar-refractivity contribution in [3.63, 3.8) is 0 Å².